The van der Waals surface area contributed by atoms with Crippen molar-refractivity contribution in [2.24, 2.45) is 0 Å². The Bertz CT molecular complexity index is 1780. The van der Waals surface area contributed by atoms with Gasteiger partial charge < -0.3 is 85.8 Å². The normalized spacial score (nSPS) is 17.5. The second-order valence-electron chi connectivity index (χ2n) is 18.6. The molecule has 25 nitrogen and oxygen atoms in total. The average molecular weight is 1230 g/mol. The van der Waals surface area contributed by atoms with Crippen molar-refractivity contribution in [3.05, 3.63) is 22.2 Å². The summed E-state index contributed by atoms with van der Waals surface area (Å²) >= 11 is 3.07. The predicted octanol–water partition coefficient (Wildman–Crippen LogP) is 5.06. The van der Waals surface area contributed by atoms with E-state index in [1.54, 1.807) is 11.8 Å². The smallest absolute Gasteiger partial charge is 0.305 e. The number of esters is 3. The molecular weight excluding hydrogens is 1130 g/mol. The first-order valence-corrected chi connectivity index (χ1v) is 30.3. The predicted molar refractivity (Wildman–Crippen MR) is 306 cm³/mol. The number of hydrogen-bond acceptors (Lipinski definition) is 25. The van der Waals surface area contributed by atoms with Gasteiger partial charge in [-0.1, -0.05) is 26.3 Å². The highest BCUT2D eigenvalue weighted by molar-refractivity contribution is 8.22. The van der Waals surface area contributed by atoms with Crippen LogP contribution in [0.15, 0.2) is 10.8 Å². The fourth-order valence-corrected chi connectivity index (χ4v) is 9.52. The summed E-state index contributed by atoms with van der Waals surface area (Å²) < 4.78 is 94.6. The Morgan fingerprint density at radius 2 is 0.892 bits per heavy atom. The highest BCUT2D eigenvalue weighted by Gasteiger charge is 2.52. The maximum absolute atomic E-state index is 12.3. The minimum atomic E-state index is -1.47. The van der Waals surface area contributed by atoms with Gasteiger partial charge in [-0.25, -0.2) is 6.57 Å². The Hall–Kier alpha value is -3.41. The SMILES string of the molecule is [C-]#[N+]C(C)(CCC(=O)CCCOCCOCCOCCOCCOCCOCCOCCOCCOCCOCCOCCOCC(=O)CCCCCCO[C@@H]1O[C@H](OC(C)=O)[C@H](OC(C)=O)[C@H](OC(C)=O)[C@H]1NC(C)=O)SC(=C)SCC. The molecule has 0 aromatic carbocycles. The van der Waals surface area contributed by atoms with E-state index in [9.17, 15) is 28.8 Å². The number of Topliss-reactive ketones (excluding diaryl/α,β-unsaturated/α-hetero) is 2. The molecule has 1 N–H and O–H groups in total. The van der Waals surface area contributed by atoms with Crippen LogP contribution in [0.3, 0.4) is 0 Å². The van der Waals surface area contributed by atoms with E-state index in [-0.39, 0.29) is 31.4 Å². The number of unbranched alkanes of at least 4 members (excludes halogenated alkanes) is 3. The van der Waals surface area contributed by atoms with Crippen LogP contribution in [0.4, 0.5) is 0 Å². The number of carbonyl (C=O) groups is 6. The Labute approximate surface area is 499 Å². The van der Waals surface area contributed by atoms with Crippen molar-refractivity contribution >= 4 is 58.9 Å². The van der Waals surface area contributed by atoms with Crippen molar-refractivity contribution in [1.82, 2.24) is 5.32 Å². The summed E-state index contributed by atoms with van der Waals surface area (Å²) in [6.07, 6.45) is -0.323. The van der Waals surface area contributed by atoms with E-state index in [4.69, 9.17) is 87.1 Å². The second-order valence-corrected chi connectivity index (χ2v) is 21.7. The summed E-state index contributed by atoms with van der Waals surface area (Å²) in [5, 5.41) is 2.62. The van der Waals surface area contributed by atoms with Gasteiger partial charge in [-0.2, -0.15) is 0 Å². The van der Waals surface area contributed by atoms with Crippen LogP contribution in [-0.4, -0.2) is 242 Å². The molecule has 0 aromatic rings. The average Bonchev–Trinajstić information content (AvgIpc) is 3.06. The number of nitrogens with one attached hydrogen (secondary N) is 1. The number of nitrogens with zero attached hydrogens (tertiary/aromatic N) is 1. The van der Waals surface area contributed by atoms with Gasteiger partial charge in [0.1, 0.15) is 18.4 Å². The third-order valence-corrected chi connectivity index (χ3v) is 13.4. The molecule has 27 heteroatoms. The lowest BCUT2D eigenvalue weighted by Gasteiger charge is -2.44. The van der Waals surface area contributed by atoms with Crippen LogP contribution in [0, 0.1) is 6.57 Å². The van der Waals surface area contributed by atoms with Gasteiger partial charge in [-0.3, -0.25) is 33.6 Å². The molecular formula is C56H96N2O23S2. The zero-order valence-corrected chi connectivity index (χ0v) is 51.6. The van der Waals surface area contributed by atoms with E-state index in [0.29, 0.717) is 197 Å². The third-order valence-electron chi connectivity index (χ3n) is 11.2. The molecule has 0 spiro atoms. The van der Waals surface area contributed by atoms with Crippen LogP contribution in [0.1, 0.15) is 99.3 Å². The lowest BCUT2D eigenvalue weighted by Crippen LogP contribution is -2.66. The second kappa shape index (κ2) is 52.9. The molecule has 0 radical (unpaired) electrons. The molecule has 1 aliphatic heterocycles. The van der Waals surface area contributed by atoms with Gasteiger partial charge >= 0.3 is 17.9 Å². The van der Waals surface area contributed by atoms with Gasteiger partial charge in [0.25, 0.3) is 4.87 Å². The molecule has 0 bridgehead atoms. The number of thioether (sulfide) groups is 2. The maximum atomic E-state index is 12.3. The molecule has 6 atom stereocenters. The van der Waals surface area contributed by atoms with Crippen LogP contribution in [0.2, 0.25) is 0 Å². The van der Waals surface area contributed by atoms with E-state index in [0.717, 1.165) is 37.2 Å². The van der Waals surface area contributed by atoms with E-state index in [1.165, 1.54) is 18.7 Å². The van der Waals surface area contributed by atoms with E-state index < -0.39 is 59.5 Å². The first kappa shape index (κ1) is 77.6. The molecule has 0 aromatic heterocycles. The van der Waals surface area contributed by atoms with Crippen molar-refractivity contribution < 1.29 is 109 Å². The van der Waals surface area contributed by atoms with Crippen LogP contribution < -0.4 is 5.32 Å². The number of carbonyl (C=O) groups excluding carboxylic acids is 6. The van der Waals surface area contributed by atoms with Crippen LogP contribution in [0.25, 0.3) is 4.85 Å². The first-order valence-electron chi connectivity index (χ1n) is 28.5. The number of ketones is 2. The topological polar surface area (TPSA) is 276 Å². The largest absolute Gasteiger partial charge is 0.456 e. The van der Waals surface area contributed by atoms with Gasteiger partial charge in [-0.15, -0.1) is 11.8 Å². The van der Waals surface area contributed by atoms with Crippen LogP contribution in [-0.2, 0) is 109 Å². The Kier molecular flexibility index (Phi) is 49.4. The van der Waals surface area contributed by atoms with Crippen molar-refractivity contribution in [3.8, 4) is 0 Å². The fourth-order valence-electron chi connectivity index (χ4n) is 7.33. The number of hydrogen-bond donors (Lipinski definition) is 1. The van der Waals surface area contributed by atoms with Gasteiger partial charge in [0.2, 0.25) is 18.3 Å². The summed E-state index contributed by atoms with van der Waals surface area (Å²) in [6.45, 7) is 30.2. The zero-order chi connectivity index (χ0) is 61.0. The standard InChI is InChI=1S/C56H96N2O23S2/c1-9-82-48(6)83-56(7,57-8)18-17-49(63)16-14-19-65-21-22-66-23-24-67-25-26-68-27-28-69-29-30-70-31-32-71-33-34-72-35-36-73-37-38-74-39-40-75-41-42-76-43-50(64)15-12-10-11-13-20-77-54-51(58-44(2)59)52(78-45(3)60)53(79-46(4)61)55(81-54)80-47(5)62/h51-55H,6,9-43H2,1-5,7H3,(H,58,59)/t51-,52-,53-,54-,55+,56?/m1/s1. The summed E-state index contributed by atoms with van der Waals surface area (Å²) in [5.74, 6) is -1.67. The summed E-state index contributed by atoms with van der Waals surface area (Å²) in [7, 11) is 0. The molecule has 1 unspecified atom stereocenters. The molecule has 0 aliphatic carbocycles. The number of amides is 1. The van der Waals surface area contributed by atoms with Crippen molar-refractivity contribution in [1.29, 1.82) is 0 Å². The Balaban J connectivity index is 1.84. The lowest BCUT2D eigenvalue weighted by molar-refractivity contribution is -0.321. The quantitative estimate of drug-likeness (QED) is 0.0361. The third kappa shape index (κ3) is 45.6. The molecule has 1 rings (SSSR count). The number of rotatable bonds is 58. The van der Waals surface area contributed by atoms with Gasteiger partial charge in [0.05, 0.1) is 145 Å². The zero-order valence-electron chi connectivity index (χ0n) is 50.0. The minimum absolute atomic E-state index is 0.00958. The molecule has 1 heterocycles. The van der Waals surface area contributed by atoms with Gasteiger partial charge in [0, 0.05) is 77.8 Å². The maximum Gasteiger partial charge on any atom is 0.305 e. The molecule has 1 fully saturated rings. The van der Waals surface area contributed by atoms with E-state index in [2.05, 4.69) is 16.7 Å². The lowest BCUT2D eigenvalue weighted by atomic mass is 10.00. The summed E-state index contributed by atoms with van der Waals surface area (Å²) in [6, 6.07) is -1.08. The first-order chi connectivity index (χ1) is 40.1. The number of ether oxygens (including phenoxy) is 17. The molecule has 1 aliphatic rings. The highest BCUT2D eigenvalue weighted by Crippen LogP contribution is 2.41. The van der Waals surface area contributed by atoms with E-state index >= 15 is 0 Å². The summed E-state index contributed by atoms with van der Waals surface area (Å²) in [4.78, 5) is 75.3. The van der Waals surface area contributed by atoms with Gasteiger partial charge in [0.15, 0.2) is 18.2 Å². The van der Waals surface area contributed by atoms with E-state index in [1.807, 2.05) is 13.8 Å². The minimum Gasteiger partial charge on any atom is -0.456 e. The Morgan fingerprint density at radius 1 is 0.494 bits per heavy atom. The van der Waals surface area contributed by atoms with Gasteiger partial charge in [-0.05, 0) is 36.8 Å². The molecule has 83 heavy (non-hydrogen) atoms. The Morgan fingerprint density at radius 3 is 1.30 bits per heavy atom. The van der Waals surface area contributed by atoms with Crippen molar-refractivity contribution in [2.75, 3.05) is 171 Å². The van der Waals surface area contributed by atoms with Crippen molar-refractivity contribution in [3.63, 3.8) is 0 Å². The van der Waals surface area contributed by atoms with Crippen molar-refractivity contribution in [2.45, 2.75) is 135 Å². The summed E-state index contributed by atoms with van der Waals surface area (Å²) in [5.41, 5.74) is 0. The fraction of sp³-hybridized carbons (Fsp3) is 0.839. The van der Waals surface area contributed by atoms with Crippen LogP contribution >= 0.6 is 23.5 Å². The molecule has 1 saturated heterocycles. The monoisotopic (exact) mass is 1230 g/mol. The molecule has 480 valence electrons. The highest BCUT2D eigenvalue weighted by atomic mass is 32.2. The molecule has 1 amide bonds. The molecule has 0 saturated carbocycles. The van der Waals surface area contributed by atoms with Crippen LogP contribution in [0.5, 0.6) is 0 Å².